The molecule has 0 radical (unpaired) electrons. The Morgan fingerprint density at radius 1 is 0.257 bits per heavy atom. The number of rotatable bonds is 32. The maximum atomic E-state index is 6.46. The number of nitrogen functional groups attached to an aromatic ring is 8. The van der Waals surface area contributed by atoms with Crippen LogP contribution in [-0.2, 0) is 9.47 Å². The summed E-state index contributed by atoms with van der Waals surface area (Å²) in [6.07, 6.45) is 69.4. The zero-order valence-corrected chi connectivity index (χ0v) is 97.4. The largest absolute Gasteiger partial charge is 0.490 e. The van der Waals surface area contributed by atoms with Crippen molar-refractivity contribution < 1.29 is 28.4 Å². The Morgan fingerprint density at radius 2 is 0.527 bits per heavy atom. The minimum Gasteiger partial charge on any atom is -0.490 e. The van der Waals surface area contributed by atoms with Crippen LogP contribution in [0.15, 0.2) is 96.1 Å². The number of hydrogen-bond acceptors (Lipinski definition) is 14. The molecule has 0 aromatic heterocycles. The van der Waals surface area contributed by atoms with Crippen molar-refractivity contribution in [1.82, 2.24) is 0 Å². The van der Waals surface area contributed by atoms with Gasteiger partial charge in [-0.1, -0.05) is 239 Å². The summed E-state index contributed by atoms with van der Waals surface area (Å²) in [5.74, 6) is 26.3. The number of nitrogens with two attached hydrogens (primary N) is 8. The van der Waals surface area contributed by atoms with Crippen LogP contribution in [0.5, 0.6) is 23.0 Å². The van der Waals surface area contributed by atoms with E-state index in [1.807, 2.05) is 42.5 Å². The van der Waals surface area contributed by atoms with E-state index in [0.717, 1.165) is 197 Å². The van der Waals surface area contributed by atoms with Gasteiger partial charge < -0.3 is 74.3 Å². The van der Waals surface area contributed by atoms with Crippen molar-refractivity contribution in [3.8, 4) is 23.0 Å². The van der Waals surface area contributed by atoms with Crippen molar-refractivity contribution in [1.29, 1.82) is 0 Å². The van der Waals surface area contributed by atoms with Crippen LogP contribution in [0.1, 0.15) is 434 Å². The number of benzene rings is 4. The Morgan fingerprint density at radius 3 is 0.872 bits per heavy atom. The Bertz CT molecular complexity index is 4980. The van der Waals surface area contributed by atoms with Crippen molar-refractivity contribution >= 4 is 45.5 Å². The van der Waals surface area contributed by atoms with E-state index in [0.29, 0.717) is 113 Å². The van der Waals surface area contributed by atoms with Crippen LogP contribution >= 0.6 is 0 Å². The molecule has 0 saturated heterocycles. The molecule has 0 amide bonds. The van der Waals surface area contributed by atoms with Gasteiger partial charge in [-0.25, -0.2) is 0 Å². The van der Waals surface area contributed by atoms with E-state index in [9.17, 15) is 0 Å². The fraction of sp³-hybridized carbons (Fsp3) is 0.791. The summed E-state index contributed by atoms with van der Waals surface area (Å²) in [5, 5.41) is 0. The first kappa shape index (κ1) is 113. The smallest absolute Gasteiger partial charge is 0.189 e. The normalized spacial score (nSPS) is 39.0. The summed E-state index contributed by atoms with van der Waals surface area (Å²) in [6.45, 7) is 51.3. The molecule has 0 bridgehead atoms. The molecule has 16 aliphatic rings. The van der Waals surface area contributed by atoms with Crippen LogP contribution in [0.3, 0.4) is 0 Å². The molecule has 0 aliphatic heterocycles. The molecular formula is C134H216N8O6. The Hall–Kier alpha value is -6.12. The lowest BCUT2D eigenvalue weighted by Crippen LogP contribution is -2.54. The molecule has 34 atom stereocenters. The fourth-order valence-corrected chi connectivity index (χ4v) is 40.0. The van der Waals surface area contributed by atoms with E-state index in [4.69, 9.17) is 74.3 Å². The molecule has 0 spiro atoms. The van der Waals surface area contributed by atoms with Gasteiger partial charge in [0.15, 0.2) is 13.6 Å². The van der Waals surface area contributed by atoms with Gasteiger partial charge in [0, 0.05) is 100 Å². The topological polar surface area (TPSA) is 264 Å². The Labute approximate surface area is 902 Å². The Kier molecular flexibility index (Phi) is 36.0. The number of ether oxygens (including phenoxy) is 6. The molecule has 4 aromatic rings. The third-order valence-corrected chi connectivity index (χ3v) is 47.6. The lowest BCUT2D eigenvalue weighted by atomic mass is 9.44. The molecular weight excluding hydrogens is 1820 g/mol. The van der Waals surface area contributed by atoms with Crippen molar-refractivity contribution in [2.75, 3.05) is 59.5 Å². The van der Waals surface area contributed by atoms with E-state index in [1.54, 1.807) is 41.5 Å². The molecule has 14 saturated carbocycles. The minimum absolute atomic E-state index is 0.235. The van der Waals surface area contributed by atoms with Gasteiger partial charge in [0.05, 0.1) is 18.3 Å². The molecule has 148 heavy (non-hydrogen) atoms. The third-order valence-electron chi connectivity index (χ3n) is 47.6. The standard InChI is InChI=1S/C34H56N2O2.C34H54N2O2.C33H54N2O.C33H52N2O/c2*1-22(2)7-6-8-23(3)30-11-12-31-29-10-9-24-17-27(37-21-38-28-19-25(35)18-26(36)20-28)13-15-33(24,4)32(29)14-16-34(30,31)5;2*1-21(2)7-6-8-22(3)29-11-12-30-28-10-9-23-17-26(36-27-19-24(34)18-25(35)20-27)13-15-32(23,4)31(28)14-16-33(29,30)5/h18-20,22-24,27,29-32H,6-17,21,35-36H2,1-5H3;9,18-20,22-23,27,29-32H,6-8,10-17,21,35-36H2,1-5H3;18-23,26,28-31H,6-17,34-35H2,1-5H3;9,18-22,26,28-31H,6-8,10-17,34-35H2,1-5H3. The maximum Gasteiger partial charge on any atom is 0.189 e. The van der Waals surface area contributed by atoms with Crippen molar-refractivity contribution in [2.45, 2.75) is 458 Å². The van der Waals surface area contributed by atoms with Gasteiger partial charge in [-0.3, -0.25) is 0 Å². The molecule has 16 aliphatic carbocycles. The highest BCUT2D eigenvalue weighted by atomic mass is 16.7. The molecule has 14 heteroatoms. The first-order valence-electron chi connectivity index (χ1n) is 62.2. The summed E-state index contributed by atoms with van der Waals surface area (Å²) in [6, 6.07) is 22.0. The minimum atomic E-state index is 0.235. The highest BCUT2D eigenvalue weighted by molar-refractivity contribution is 5.59. The molecule has 14 fully saturated rings. The van der Waals surface area contributed by atoms with Crippen LogP contribution < -0.4 is 64.8 Å². The number of anilines is 8. The highest BCUT2D eigenvalue weighted by Gasteiger charge is 2.66. The fourth-order valence-electron chi connectivity index (χ4n) is 40.0. The second kappa shape index (κ2) is 47.1. The van der Waals surface area contributed by atoms with Crippen molar-refractivity contribution in [3.63, 3.8) is 0 Å². The average molecular weight is 2040 g/mol. The second-order valence-corrected chi connectivity index (χ2v) is 57.9. The van der Waals surface area contributed by atoms with Crippen LogP contribution in [0.2, 0.25) is 0 Å². The van der Waals surface area contributed by atoms with Gasteiger partial charge in [0.1, 0.15) is 29.1 Å². The Balaban J connectivity index is 0.000000135. The van der Waals surface area contributed by atoms with Gasteiger partial charge in [-0.2, -0.15) is 0 Å². The van der Waals surface area contributed by atoms with Crippen LogP contribution in [-0.4, -0.2) is 38.0 Å². The summed E-state index contributed by atoms with van der Waals surface area (Å²) in [4.78, 5) is 0. The zero-order valence-electron chi connectivity index (χ0n) is 97.4. The molecule has 20 rings (SSSR count). The molecule has 14 nitrogen and oxygen atoms in total. The zero-order chi connectivity index (χ0) is 105. The predicted octanol–water partition coefficient (Wildman–Crippen LogP) is 34.7. The van der Waals surface area contributed by atoms with E-state index in [1.165, 1.54) is 263 Å². The summed E-state index contributed by atoms with van der Waals surface area (Å²) in [7, 11) is 0. The van der Waals surface area contributed by atoms with Gasteiger partial charge >= 0.3 is 0 Å². The molecule has 0 heterocycles. The molecule has 16 N–H and O–H groups in total. The first-order chi connectivity index (χ1) is 70.4. The monoisotopic (exact) mass is 2030 g/mol. The summed E-state index contributed by atoms with van der Waals surface area (Å²) < 4.78 is 37.1. The predicted molar refractivity (Wildman–Crippen MR) is 623 cm³/mol. The SMILES string of the molecule is CC(C)CCCC(C)C1CCC2C3CC=C4CC(OCOc5cc(N)cc(N)c5)CCC4(C)C3CCC12C.CC(C)CCCC(C)C1CCC2C3CC=C4CC(Oc5cc(N)cc(N)c5)CCC4(C)C3CCC12C.CC(C)CCCC(C)C1CCC2C3CCC4CC(OCOc5cc(N)cc(N)c5)CCC4(C)C3CCC12C.CC(C)CCCC(C)C1CCC2C3CCC4CC(Oc5cc(N)cc(N)c5)CCC4(C)C3CCC12C. The molecule has 4 aromatic carbocycles. The second-order valence-electron chi connectivity index (χ2n) is 57.9. The van der Waals surface area contributed by atoms with Gasteiger partial charge in [-0.15, -0.1) is 0 Å². The average Bonchev–Trinajstić information content (AvgIpc) is 1.47. The van der Waals surface area contributed by atoms with Crippen LogP contribution in [0.25, 0.3) is 0 Å². The third kappa shape index (κ3) is 24.2. The van der Waals surface area contributed by atoms with Crippen molar-refractivity contribution in [3.05, 3.63) is 96.1 Å². The maximum absolute atomic E-state index is 6.46. The highest BCUT2D eigenvalue weighted by Crippen LogP contribution is 2.74. The van der Waals surface area contributed by atoms with Crippen molar-refractivity contribution in [2.24, 2.45) is 197 Å². The van der Waals surface area contributed by atoms with E-state index >= 15 is 0 Å². The van der Waals surface area contributed by atoms with Crippen LogP contribution in [0, 0.1) is 197 Å². The lowest BCUT2D eigenvalue weighted by Gasteiger charge is -2.61. The quantitative estimate of drug-likeness (QED) is 0.0128. The van der Waals surface area contributed by atoms with E-state index < -0.39 is 0 Å². The van der Waals surface area contributed by atoms with E-state index in [-0.39, 0.29) is 25.8 Å². The lowest BCUT2D eigenvalue weighted by molar-refractivity contribution is -0.146. The van der Waals surface area contributed by atoms with Gasteiger partial charge in [-0.05, 0) is 433 Å². The van der Waals surface area contributed by atoms with Crippen LogP contribution in [0.4, 0.5) is 45.5 Å². The number of hydrogen-bond donors (Lipinski definition) is 8. The summed E-state index contributed by atoms with van der Waals surface area (Å²) in [5.41, 5.74) is 60.3. The molecule has 828 valence electrons. The van der Waals surface area contributed by atoms with Gasteiger partial charge in [0.25, 0.3) is 0 Å². The molecule has 34 unspecified atom stereocenters. The van der Waals surface area contributed by atoms with Gasteiger partial charge in [0.2, 0.25) is 0 Å². The number of allylic oxidation sites excluding steroid dienone is 2. The van der Waals surface area contributed by atoms with E-state index in [2.05, 4.69) is 151 Å². The first-order valence-corrected chi connectivity index (χ1v) is 62.2. The number of fused-ring (bicyclic) bond motifs is 20. The summed E-state index contributed by atoms with van der Waals surface area (Å²) >= 11 is 0.